The van der Waals surface area contributed by atoms with Crippen LogP contribution in [0.4, 0.5) is 5.13 Å². The second-order valence-electron chi connectivity index (χ2n) is 7.52. The number of aromatic nitrogens is 2. The van der Waals surface area contributed by atoms with Crippen molar-refractivity contribution >= 4 is 40.8 Å². The van der Waals surface area contributed by atoms with Crippen LogP contribution in [-0.2, 0) is 9.53 Å². The van der Waals surface area contributed by atoms with Crippen molar-refractivity contribution < 1.29 is 14.3 Å². The van der Waals surface area contributed by atoms with Crippen molar-refractivity contribution in [3.8, 4) is 11.3 Å². The van der Waals surface area contributed by atoms with Crippen LogP contribution >= 0.6 is 23.7 Å². The van der Waals surface area contributed by atoms with Crippen molar-refractivity contribution in [2.75, 3.05) is 12.4 Å². The molecule has 2 unspecified atom stereocenters. The summed E-state index contributed by atoms with van der Waals surface area (Å²) < 4.78 is 4.70. The maximum absolute atomic E-state index is 12.7. The molecule has 2 heterocycles. The standard InChI is InChI=1S/C19H24N4O3S.ClH/c1-26-18(25)14-7-13(8-21-14)15-9-27-19(22-15)23-17(24)12-5-10-3-2-4-11(6-12)16(10)20;/h7-12,16,21H,2-6,20H2,1H3,(H,22,23,24);1H. The molecule has 4 N–H and O–H groups in total. The van der Waals surface area contributed by atoms with Crippen LogP contribution < -0.4 is 11.1 Å². The van der Waals surface area contributed by atoms with E-state index in [2.05, 4.69) is 15.3 Å². The van der Waals surface area contributed by atoms with Gasteiger partial charge in [-0.1, -0.05) is 6.42 Å². The average molecular weight is 425 g/mol. The second-order valence-corrected chi connectivity index (χ2v) is 8.38. The molecule has 2 fully saturated rings. The van der Waals surface area contributed by atoms with E-state index < -0.39 is 5.97 Å². The van der Waals surface area contributed by atoms with Gasteiger partial charge in [-0.2, -0.15) is 0 Å². The molecule has 9 heteroatoms. The number of halogens is 1. The third-order valence-electron chi connectivity index (χ3n) is 5.90. The summed E-state index contributed by atoms with van der Waals surface area (Å²) in [6, 6.07) is 1.95. The predicted molar refractivity (Wildman–Crippen MR) is 111 cm³/mol. The Morgan fingerprint density at radius 1 is 1.32 bits per heavy atom. The number of esters is 1. The number of anilines is 1. The first-order valence-corrected chi connectivity index (χ1v) is 10.2. The molecule has 2 bridgehead atoms. The van der Waals surface area contributed by atoms with Crippen molar-refractivity contribution in [3.05, 3.63) is 23.3 Å². The molecule has 2 aromatic rings. The first kappa shape index (κ1) is 20.8. The molecule has 0 aliphatic heterocycles. The first-order valence-electron chi connectivity index (χ1n) is 9.34. The Morgan fingerprint density at radius 3 is 2.71 bits per heavy atom. The predicted octanol–water partition coefficient (Wildman–Crippen LogP) is 3.44. The molecule has 2 aliphatic carbocycles. The molecule has 1 amide bonds. The lowest BCUT2D eigenvalue weighted by atomic mass is 9.65. The number of carbonyl (C=O) groups is 2. The minimum atomic E-state index is -0.425. The van der Waals surface area contributed by atoms with Crippen molar-refractivity contribution in [3.63, 3.8) is 0 Å². The highest BCUT2D eigenvalue weighted by atomic mass is 35.5. The molecule has 0 saturated heterocycles. The van der Waals surface area contributed by atoms with Crippen LogP contribution in [0.3, 0.4) is 0 Å². The van der Waals surface area contributed by atoms with Crippen LogP contribution in [0, 0.1) is 17.8 Å². The number of nitrogens with zero attached hydrogens (tertiary/aromatic N) is 1. The Bertz CT molecular complexity index is 838. The number of hydrogen-bond acceptors (Lipinski definition) is 6. The lowest BCUT2D eigenvalue weighted by Crippen LogP contribution is -2.48. The molecule has 28 heavy (non-hydrogen) atoms. The largest absolute Gasteiger partial charge is 0.464 e. The molecular formula is C19H25ClN4O3S. The number of rotatable bonds is 4. The van der Waals surface area contributed by atoms with Gasteiger partial charge in [0.25, 0.3) is 0 Å². The Labute approximate surface area is 173 Å². The third-order valence-corrected chi connectivity index (χ3v) is 6.66. The van der Waals surface area contributed by atoms with E-state index in [0.717, 1.165) is 31.2 Å². The maximum atomic E-state index is 12.7. The Balaban J connectivity index is 0.00000225. The summed E-state index contributed by atoms with van der Waals surface area (Å²) in [6.45, 7) is 0. The Kier molecular flexibility index (Phi) is 6.42. The molecule has 4 rings (SSSR count). The highest BCUT2D eigenvalue weighted by molar-refractivity contribution is 7.14. The van der Waals surface area contributed by atoms with E-state index in [1.54, 1.807) is 12.3 Å². The number of aromatic amines is 1. The fraction of sp³-hybridized carbons (Fsp3) is 0.526. The van der Waals surface area contributed by atoms with Gasteiger partial charge in [0.1, 0.15) is 5.69 Å². The summed E-state index contributed by atoms with van der Waals surface area (Å²) in [5, 5.41) is 5.42. The van der Waals surface area contributed by atoms with E-state index in [1.807, 2.05) is 5.38 Å². The number of amides is 1. The second kappa shape index (κ2) is 8.63. The van der Waals surface area contributed by atoms with E-state index in [9.17, 15) is 9.59 Å². The minimum Gasteiger partial charge on any atom is -0.464 e. The van der Waals surface area contributed by atoms with Gasteiger partial charge in [0.2, 0.25) is 5.91 Å². The summed E-state index contributed by atoms with van der Waals surface area (Å²) in [6.07, 6.45) is 6.97. The average Bonchev–Trinajstić information content (AvgIpc) is 3.30. The van der Waals surface area contributed by atoms with Crippen LogP contribution in [0.5, 0.6) is 0 Å². The van der Waals surface area contributed by atoms with Gasteiger partial charge in [0.05, 0.1) is 12.8 Å². The van der Waals surface area contributed by atoms with Crippen molar-refractivity contribution in [2.24, 2.45) is 23.5 Å². The van der Waals surface area contributed by atoms with Gasteiger partial charge in [-0.3, -0.25) is 4.79 Å². The smallest absolute Gasteiger partial charge is 0.354 e. The third kappa shape index (κ3) is 4.09. The number of nitrogens with one attached hydrogen (secondary N) is 2. The van der Waals surface area contributed by atoms with Crippen LogP contribution in [0.25, 0.3) is 11.3 Å². The number of fused-ring (bicyclic) bond motifs is 2. The minimum absolute atomic E-state index is 0. The number of carbonyl (C=O) groups excluding carboxylic acids is 2. The number of thiazole rings is 1. The van der Waals surface area contributed by atoms with E-state index in [1.165, 1.54) is 24.9 Å². The Morgan fingerprint density at radius 2 is 2.04 bits per heavy atom. The molecule has 152 valence electrons. The summed E-state index contributed by atoms with van der Waals surface area (Å²) in [5.74, 6) is 0.578. The fourth-order valence-corrected chi connectivity index (χ4v) is 5.17. The molecule has 7 nitrogen and oxygen atoms in total. The zero-order valence-electron chi connectivity index (χ0n) is 15.6. The lowest BCUT2D eigenvalue weighted by Gasteiger charge is -2.43. The molecule has 2 saturated carbocycles. The van der Waals surface area contributed by atoms with Crippen molar-refractivity contribution in [1.29, 1.82) is 0 Å². The van der Waals surface area contributed by atoms with E-state index in [-0.39, 0.29) is 30.3 Å². The zero-order valence-corrected chi connectivity index (χ0v) is 17.3. The maximum Gasteiger partial charge on any atom is 0.354 e. The normalized spacial score (nSPS) is 26.2. The van der Waals surface area contributed by atoms with Gasteiger partial charge in [0.15, 0.2) is 5.13 Å². The van der Waals surface area contributed by atoms with Crippen molar-refractivity contribution in [2.45, 2.75) is 38.1 Å². The molecule has 0 aromatic carbocycles. The summed E-state index contributed by atoms with van der Waals surface area (Å²) in [5.41, 5.74) is 8.19. The number of hydrogen-bond donors (Lipinski definition) is 3. The van der Waals surface area contributed by atoms with Crippen LogP contribution in [0.2, 0.25) is 0 Å². The molecule has 0 radical (unpaired) electrons. The number of ether oxygens (including phenoxy) is 1. The molecule has 2 atom stereocenters. The fourth-order valence-electron chi connectivity index (χ4n) is 4.44. The van der Waals surface area contributed by atoms with Gasteiger partial charge in [-0.25, -0.2) is 9.78 Å². The van der Waals surface area contributed by atoms with E-state index in [0.29, 0.717) is 28.4 Å². The number of methoxy groups -OCH3 is 1. The van der Waals surface area contributed by atoms with Gasteiger partial charge < -0.3 is 20.8 Å². The number of H-pyrrole nitrogens is 1. The van der Waals surface area contributed by atoms with E-state index in [4.69, 9.17) is 10.5 Å². The lowest BCUT2D eigenvalue weighted by molar-refractivity contribution is -0.122. The molecular weight excluding hydrogens is 400 g/mol. The van der Waals surface area contributed by atoms with Crippen LogP contribution in [-0.4, -0.2) is 35.0 Å². The zero-order chi connectivity index (χ0) is 19.0. The topological polar surface area (TPSA) is 110 Å². The molecule has 2 aromatic heterocycles. The van der Waals surface area contributed by atoms with Crippen LogP contribution in [0.15, 0.2) is 17.6 Å². The summed E-state index contributed by atoms with van der Waals surface area (Å²) in [4.78, 5) is 31.6. The van der Waals surface area contributed by atoms with Crippen molar-refractivity contribution in [1.82, 2.24) is 9.97 Å². The number of nitrogens with two attached hydrogens (primary N) is 1. The van der Waals surface area contributed by atoms with E-state index >= 15 is 0 Å². The van der Waals surface area contributed by atoms with Gasteiger partial charge in [-0.05, 0) is 43.6 Å². The van der Waals surface area contributed by atoms with Crippen LogP contribution in [0.1, 0.15) is 42.6 Å². The summed E-state index contributed by atoms with van der Waals surface area (Å²) in [7, 11) is 1.34. The molecule has 2 aliphatic rings. The Hall–Kier alpha value is -1.90. The highest BCUT2D eigenvalue weighted by Gasteiger charge is 2.40. The van der Waals surface area contributed by atoms with Gasteiger partial charge in [-0.15, -0.1) is 23.7 Å². The highest BCUT2D eigenvalue weighted by Crippen LogP contribution is 2.42. The quantitative estimate of drug-likeness (QED) is 0.651. The van der Waals surface area contributed by atoms with Gasteiger partial charge >= 0.3 is 5.97 Å². The monoisotopic (exact) mass is 424 g/mol. The molecule has 0 spiro atoms. The first-order chi connectivity index (χ1) is 13.0. The summed E-state index contributed by atoms with van der Waals surface area (Å²) >= 11 is 1.38. The SMILES string of the molecule is COC(=O)c1cc(-c2csc(NC(=O)C3CC4CCCC(C3)C4N)n2)c[nH]1.Cl. The van der Waals surface area contributed by atoms with Gasteiger partial charge in [0, 0.05) is 29.1 Å².